The molecule has 2 fully saturated rings. The first kappa shape index (κ1) is 9.25. The number of rotatable bonds is 5. The number of nitrogens with zero attached hydrogens (tertiary/aromatic N) is 2. The van der Waals surface area contributed by atoms with Gasteiger partial charge in [0.25, 0.3) is 0 Å². The summed E-state index contributed by atoms with van der Waals surface area (Å²) in [7, 11) is 2.04. The van der Waals surface area contributed by atoms with E-state index in [1.165, 1.54) is 25.7 Å². The maximum absolute atomic E-state index is 4.30. The Morgan fingerprint density at radius 1 is 1.40 bits per heavy atom. The molecule has 1 N–H and O–H groups in total. The van der Waals surface area contributed by atoms with Gasteiger partial charge in [-0.05, 0) is 43.4 Å². The van der Waals surface area contributed by atoms with Gasteiger partial charge >= 0.3 is 0 Å². The molecule has 0 aromatic carbocycles. The lowest BCUT2D eigenvalue weighted by Crippen LogP contribution is -2.19. The topological polar surface area (TPSA) is 29.9 Å². The highest BCUT2D eigenvalue weighted by atomic mass is 15.2. The van der Waals surface area contributed by atoms with Gasteiger partial charge in [0.2, 0.25) is 5.95 Å². The summed E-state index contributed by atoms with van der Waals surface area (Å²) in [4.78, 5) is 4.30. The highest BCUT2D eigenvalue weighted by molar-refractivity contribution is 5.25. The van der Waals surface area contributed by atoms with Crippen LogP contribution in [-0.2, 0) is 7.05 Å². The van der Waals surface area contributed by atoms with Crippen molar-refractivity contribution in [2.45, 2.75) is 25.7 Å². The van der Waals surface area contributed by atoms with Gasteiger partial charge in [-0.3, -0.25) is 0 Å². The van der Waals surface area contributed by atoms with Gasteiger partial charge in [0.1, 0.15) is 0 Å². The minimum atomic E-state index is 0.918. The molecule has 0 bridgehead atoms. The van der Waals surface area contributed by atoms with Crippen LogP contribution in [0.1, 0.15) is 25.7 Å². The van der Waals surface area contributed by atoms with Crippen molar-refractivity contribution in [2.24, 2.45) is 24.8 Å². The quantitative estimate of drug-likeness (QED) is 0.799. The van der Waals surface area contributed by atoms with E-state index < -0.39 is 0 Å². The third kappa shape index (κ3) is 2.01. The Balaban J connectivity index is 1.57. The zero-order chi connectivity index (χ0) is 10.3. The SMILES string of the molecule is Cn1ccnc1NCC(C1CC1)C1CC1. The van der Waals surface area contributed by atoms with Crippen LogP contribution in [0.3, 0.4) is 0 Å². The van der Waals surface area contributed by atoms with Gasteiger partial charge in [-0.2, -0.15) is 0 Å². The smallest absolute Gasteiger partial charge is 0.202 e. The third-order valence-corrected chi connectivity index (χ3v) is 3.77. The second kappa shape index (κ2) is 3.54. The van der Waals surface area contributed by atoms with Gasteiger partial charge in [-0.25, -0.2) is 4.98 Å². The molecule has 0 aliphatic heterocycles. The van der Waals surface area contributed by atoms with Crippen LogP contribution in [0.25, 0.3) is 0 Å². The average Bonchev–Trinajstić information content (AvgIpc) is 3.11. The van der Waals surface area contributed by atoms with E-state index in [9.17, 15) is 0 Å². The van der Waals surface area contributed by atoms with E-state index in [1.54, 1.807) is 0 Å². The van der Waals surface area contributed by atoms with E-state index in [0.29, 0.717) is 0 Å². The van der Waals surface area contributed by atoms with Gasteiger partial charge in [0, 0.05) is 26.0 Å². The molecule has 3 rings (SSSR count). The second-order valence-electron chi connectivity index (χ2n) is 5.08. The summed E-state index contributed by atoms with van der Waals surface area (Å²) in [5.74, 6) is 3.97. The predicted molar refractivity (Wildman–Crippen MR) is 60.6 cm³/mol. The fraction of sp³-hybridized carbons (Fsp3) is 0.750. The van der Waals surface area contributed by atoms with Crippen molar-refractivity contribution in [3.05, 3.63) is 12.4 Å². The Labute approximate surface area is 90.9 Å². The van der Waals surface area contributed by atoms with Gasteiger partial charge in [0.15, 0.2) is 0 Å². The Morgan fingerprint density at radius 3 is 2.53 bits per heavy atom. The predicted octanol–water partition coefficient (Wildman–Crippen LogP) is 2.27. The molecule has 82 valence electrons. The van der Waals surface area contributed by atoms with E-state index in [1.807, 2.05) is 19.4 Å². The number of anilines is 1. The molecule has 0 spiro atoms. The van der Waals surface area contributed by atoms with Crippen LogP contribution >= 0.6 is 0 Å². The largest absolute Gasteiger partial charge is 0.355 e. The first-order valence-electron chi connectivity index (χ1n) is 6.06. The minimum absolute atomic E-state index is 0.918. The normalized spacial score (nSPS) is 20.9. The highest BCUT2D eigenvalue weighted by Crippen LogP contribution is 2.49. The molecular formula is C12H19N3. The van der Waals surface area contributed by atoms with Crippen molar-refractivity contribution in [3.63, 3.8) is 0 Å². The highest BCUT2D eigenvalue weighted by Gasteiger charge is 2.41. The van der Waals surface area contributed by atoms with Crippen LogP contribution < -0.4 is 5.32 Å². The van der Waals surface area contributed by atoms with Crippen molar-refractivity contribution in [1.82, 2.24) is 9.55 Å². The zero-order valence-electron chi connectivity index (χ0n) is 9.32. The second-order valence-corrected chi connectivity index (χ2v) is 5.08. The molecule has 0 unspecified atom stereocenters. The summed E-state index contributed by atoms with van der Waals surface area (Å²) in [6.07, 6.45) is 9.69. The van der Waals surface area contributed by atoms with Crippen molar-refractivity contribution in [1.29, 1.82) is 0 Å². The van der Waals surface area contributed by atoms with Crippen LogP contribution in [0.5, 0.6) is 0 Å². The van der Waals surface area contributed by atoms with Gasteiger partial charge in [0.05, 0.1) is 0 Å². The lowest BCUT2D eigenvalue weighted by Gasteiger charge is -2.16. The summed E-state index contributed by atoms with van der Waals surface area (Å²) in [5.41, 5.74) is 0. The number of aryl methyl sites for hydroxylation is 1. The Hall–Kier alpha value is -0.990. The molecule has 2 saturated carbocycles. The summed E-state index contributed by atoms with van der Waals surface area (Å²) in [6, 6.07) is 0. The Bertz CT molecular complexity index is 324. The van der Waals surface area contributed by atoms with Crippen LogP contribution in [0.2, 0.25) is 0 Å². The summed E-state index contributed by atoms with van der Waals surface area (Å²) >= 11 is 0. The van der Waals surface area contributed by atoms with Crippen LogP contribution in [0, 0.1) is 17.8 Å². The molecule has 1 aromatic rings. The number of nitrogens with one attached hydrogen (secondary N) is 1. The Morgan fingerprint density at radius 2 is 2.07 bits per heavy atom. The molecule has 0 saturated heterocycles. The van der Waals surface area contributed by atoms with Crippen LogP contribution in [0.15, 0.2) is 12.4 Å². The maximum Gasteiger partial charge on any atom is 0.202 e. The molecule has 0 atom stereocenters. The molecule has 15 heavy (non-hydrogen) atoms. The summed E-state index contributed by atoms with van der Waals surface area (Å²) in [6.45, 7) is 1.13. The fourth-order valence-corrected chi connectivity index (χ4v) is 2.51. The lowest BCUT2D eigenvalue weighted by molar-refractivity contribution is 0.427. The number of hydrogen-bond acceptors (Lipinski definition) is 2. The van der Waals surface area contributed by atoms with Crippen LogP contribution in [-0.4, -0.2) is 16.1 Å². The monoisotopic (exact) mass is 205 g/mol. The van der Waals surface area contributed by atoms with E-state index in [4.69, 9.17) is 0 Å². The molecule has 3 nitrogen and oxygen atoms in total. The number of aromatic nitrogens is 2. The molecule has 1 aromatic heterocycles. The summed E-state index contributed by atoms with van der Waals surface area (Å²) in [5, 5.41) is 3.49. The minimum Gasteiger partial charge on any atom is -0.355 e. The van der Waals surface area contributed by atoms with E-state index >= 15 is 0 Å². The first-order valence-corrected chi connectivity index (χ1v) is 6.06. The zero-order valence-corrected chi connectivity index (χ0v) is 9.32. The van der Waals surface area contributed by atoms with Gasteiger partial charge < -0.3 is 9.88 Å². The van der Waals surface area contributed by atoms with Gasteiger partial charge in [-0.1, -0.05) is 0 Å². The fourth-order valence-electron chi connectivity index (χ4n) is 2.51. The van der Waals surface area contributed by atoms with E-state index in [2.05, 4.69) is 14.9 Å². The third-order valence-electron chi connectivity index (χ3n) is 3.77. The van der Waals surface area contributed by atoms with E-state index in [-0.39, 0.29) is 0 Å². The van der Waals surface area contributed by atoms with Crippen molar-refractivity contribution >= 4 is 5.95 Å². The molecule has 0 amide bonds. The molecule has 2 aliphatic carbocycles. The maximum atomic E-state index is 4.30. The van der Waals surface area contributed by atoms with E-state index in [0.717, 1.165) is 30.2 Å². The van der Waals surface area contributed by atoms with Crippen molar-refractivity contribution in [3.8, 4) is 0 Å². The molecule has 1 heterocycles. The summed E-state index contributed by atoms with van der Waals surface area (Å²) < 4.78 is 2.05. The van der Waals surface area contributed by atoms with Crippen molar-refractivity contribution in [2.75, 3.05) is 11.9 Å². The van der Waals surface area contributed by atoms with Crippen molar-refractivity contribution < 1.29 is 0 Å². The first-order chi connectivity index (χ1) is 7.34. The number of hydrogen-bond donors (Lipinski definition) is 1. The molecule has 2 aliphatic rings. The molecule has 0 radical (unpaired) electrons. The molecular weight excluding hydrogens is 186 g/mol. The van der Waals surface area contributed by atoms with Gasteiger partial charge in [-0.15, -0.1) is 0 Å². The Kier molecular flexibility index (Phi) is 2.19. The molecule has 3 heteroatoms. The average molecular weight is 205 g/mol. The number of imidazole rings is 1. The van der Waals surface area contributed by atoms with Crippen LogP contribution in [0.4, 0.5) is 5.95 Å². The standard InChI is InChI=1S/C12H19N3/c1-15-7-6-13-12(15)14-8-11(9-2-3-9)10-4-5-10/h6-7,9-11H,2-5,8H2,1H3,(H,13,14). The lowest BCUT2D eigenvalue weighted by atomic mass is 9.98.